The van der Waals surface area contributed by atoms with Crippen LogP contribution in [0.4, 0.5) is 9.18 Å². The number of nitrogens with one attached hydrogen (secondary N) is 1. The third-order valence-electron chi connectivity index (χ3n) is 3.92. The second-order valence-corrected chi connectivity index (χ2v) is 5.56. The number of carbonyl (C=O) groups is 2. The van der Waals surface area contributed by atoms with Gasteiger partial charge in [-0.25, -0.2) is 9.18 Å². The van der Waals surface area contributed by atoms with Gasteiger partial charge in [-0.15, -0.1) is 0 Å². The van der Waals surface area contributed by atoms with E-state index in [0.717, 1.165) is 11.1 Å². The quantitative estimate of drug-likeness (QED) is 0.885. The molecule has 0 saturated carbocycles. The summed E-state index contributed by atoms with van der Waals surface area (Å²) in [6, 6.07) is 12.2. The average molecular weight is 329 g/mol. The van der Waals surface area contributed by atoms with Crippen LogP contribution in [0.1, 0.15) is 34.5 Å². The Bertz CT molecular complexity index is 714. The summed E-state index contributed by atoms with van der Waals surface area (Å²) < 4.78 is 13.0. The van der Waals surface area contributed by atoms with E-state index in [1.54, 1.807) is 48.3 Å². The Morgan fingerprint density at radius 2 is 1.71 bits per heavy atom. The Hall–Kier alpha value is -2.89. The van der Waals surface area contributed by atoms with E-state index in [2.05, 4.69) is 5.32 Å². The molecular weight excluding hydrogens is 309 g/mol. The van der Waals surface area contributed by atoms with Crippen LogP contribution in [0.3, 0.4) is 0 Å². The lowest BCUT2D eigenvalue weighted by atomic mass is 10.1. The number of hydrogen-bond acceptors (Lipinski definition) is 2. The fourth-order valence-corrected chi connectivity index (χ4v) is 2.30. The topological polar surface area (TPSA) is 75.4 Å². The molecule has 3 amide bonds. The molecule has 0 saturated heterocycles. The highest BCUT2D eigenvalue weighted by molar-refractivity contribution is 5.94. The van der Waals surface area contributed by atoms with Gasteiger partial charge in [0.25, 0.3) is 5.91 Å². The molecule has 1 unspecified atom stereocenters. The molecule has 0 bridgehead atoms. The van der Waals surface area contributed by atoms with Gasteiger partial charge in [0.15, 0.2) is 0 Å². The van der Waals surface area contributed by atoms with Crippen molar-refractivity contribution in [2.75, 3.05) is 7.05 Å². The number of nitrogens with zero attached hydrogens (tertiary/aromatic N) is 1. The second-order valence-electron chi connectivity index (χ2n) is 5.56. The van der Waals surface area contributed by atoms with Crippen LogP contribution in [0.15, 0.2) is 48.5 Å². The smallest absolute Gasteiger partial charge is 0.312 e. The number of carbonyl (C=O) groups excluding carboxylic acids is 2. The number of nitrogens with two attached hydrogens (primary N) is 1. The van der Waals surface area contributed by atoms with E-state index >= 15 is 0 Å². The van der Waals surface area contributed by atoms with Crippen molar-refractivity contribution in [1.29, 1.82) is 0 Å². The van der Waals surface area contributed by atoms with Crippen LogP contribution in [0.25, 0.3) is 0 Å². The second kappa shape index (κ2) is 7.59. The number of urea groups is 1. The van der Waals surface area contributed by atoms with E-state index < -0.39 is 6.03 Å². The molecule has 24 heavy (non-hydrogen) atoms. The normalized spacial score (nSPS) is 11.6. The van der Waals surface area contributed by atoms with Gasteiger partial charge in [-0.1, -0.05) is 24.3 Å². The van der Waals surface area contributed by atoms with Crippen LogP contribution in [0.2, 0.25) is 0 Å². The van der Waals surface area contributed by atoms with Crippen LogP contribution in [0.5, 0.6) is 0 Å². The standard InChI is InChI=1S/C18H20FN3O2/c1-12(14-7-9-16(19)10-8-14)22(2)17(23)15-5-3-13(4-6-15)11-21-18(20)24/h3-10,12H,11H2,1-2H3,(H3,20,21,24). The summed E-state index contributed by atoms with van der Waals surface area (Å²) >= 11 is 0. The SMILES string of the molecule is CC(c1ccc(F)cc1)N(C)C(=O)c1ccc(CNC(N)=O)cc1. The zero-order chi connectivity index (χ0) is 17.7. The molecule has 2 aromatic carbocycles. The minimum atomic E-state index is -0.594. The van der Waals surface area contributed by atoms with Gasteiger partial charge in [0.05, 0.1) is 6.04 Å². The number of primary amides is 1. The predicted molar refractivity (Wildman–Crippen MR) is 89.8 cm³/mol. The first-order valence-electron chi connectivity index (χ1n) is 7.53. The Labute approximate surface area is 140 Å². The van der Waals surface area contributed by atoms with E-state index in [0.29, 0.717) is 12.1 Å². The van der Waals surface area contributed by atoms with Crippen molar-refractivity contribution < 1.29 is 14.0 Å². The Morgan fingerprint density at radius 3 is 2.25 bits per heavy atom. The van der Waals surface area contributed by atoms with E-state index in [1.165, 1.54) is 12.1 Å². The number of hydrogen-bond donors (Lipinski definition) is 2. The molecule has 0 spiro atoms. The van der Waals surface area contributed by atoms with Crippen LogP contribution in [-0.2, 0) is 6.54 Å². The monoisotopic (exact) mass is 329 g/mol. The number of benzene rings is 2. The van der Waals surface area contributed by atoms with Gasteiger partial charge >= 0.3 is 6.03 Å². The Balaban J connectivity index is 2.06. The maximum absolute atomic E-state index is 13.0. The minimum Gasteiger partial charge on any atom is -0.352 e. The molecule has 0 fully saturated rings. The van der Waals surface area contributed by atoms with Crippen molar-refractivity contribution in [2.24, 2.45) is 5.73 Å². The minimum absolute atomic E-state index is 0.138. The Kier molecular flexibility index (Phi) is 5.52. The third kappa shape index (κ3) is 4.32. The van der Waals surface area contributed by atoms with Crippen LogP contribution in [-0.4, -0.2) is 23.9 Å². The molecule has 1 atom stereocenters. The van der Waals surface area contributed by atoms with Gasteiger partial charge in [-0.05, 0) is 42.3 Å². The van der Waals surface area contributed by atoms with Gasteiger partial charge in [0, 0.05) is 19.2 Å². The number of amides is 3. The fraction of sp³-hybridized carbons (Fsp3) is 0.222. The molecule has 5 nitrogen and oxygen atoms in total. The molecule has 0 radical (unpaired) electrons. The molecule has 0 aliphatic heterocycles. The Morgan fingerprint density at radius 1 is 1.12 bits per heavy atom. The largest absolute Gasteiger partial charge is 0.352 e. The summed E-state index contributed by atoms with van der Waals surface area (Å²) in [5, 5.41) is 2.49. The van der Waals surface area contributed by atoms with Crippen molar-refractivity contribution in [3.8, 4) is 0 Å². The van der Waals surface area contributed by atoms with Crippen molar-refractivity contribution in [2.45, 2.75) is 19.5 Å². The van der Waals surface area contributed by atoms with E-state index in [9.17, 15) is 14.0 Å². The van der Waals surface area contributed by atoms with Gasteiger partial charge in [-0.3, -0.25) is 4.79 Å². The first kappa shape index (κ1) is 17.5. The summed E-state index contributed by atoms with van der Waals surface area (Å²) in [5.74, 6) is -0.443. The number of rotatable bonds is 5. The van der Waals surface area contributed by atoms with Crippen LogP contribution >= 0.6 is 0 Å². The van der Waals surface area contributed by atoms with Crippen molar-refractivity contribution in [3.63, 3.8) is 0 Å². The van der Waals surface area contributed by atoms with Crippen molar-refractivity contribution >= 4 is 11.9 Å². The van der Waals surface area contributed by atoms with E-state index in [4.69, 9.17) is 5.73 Å². The summed E-state index contributed by atoms with van der Waals surface area (Å²) in [5.41, 5.74) is 7.26. The van der Waals surface area contributed by atoms with Crippen LogP contribution in [0, 0.1) is 5.82 Å². The van der Waals surface area contributed by atoms with Crippen LogP contribution < -0.4 is 11.1 Å². The average Bonchev–Trinajstić information content (AvgIpc) is 2.59. The lowest BCUT2D eigenvalue weighted by molar-refractivity contribution is 0.0742. The van der Waals surface area contributed by atoms with E-state index in [1.807, 2.05) is 6.92 Å². The van der Waals surface area contributed by atoms with Gasteiger partial charge in [-0.2, -0.15) is 0 Å². The zero-order valence-electron chi connectivity index (χ0n) is 13.6. The molecular formula is C18H20FN3O2. The first-order valence-corrected chi connectivity index (χ1v) is 7.53. The van der Waals surface area contributed by atoms with Gasteiger partial charge in [0.2, 0.25) is 0 Å². The predicted octanol–water partition coefficient (Wildman–Crippen LogP) is 2.83. The molecule has 0 aromatic heterocycles. The highest BCUT2D eigenvalue weighted by Crippen LogP contribution is 2.21. The highest BCUT2D eigenvalue weighted by atomic mass is 19.1. The third-order valence-corrected chi connectivity index (χ3v) is 3.92. The van der Waals surface area contributed by atoms with Crippen molar-refractivity contribution in [1.82, 2.24) is 10.2 Å². The maximum Gasteiger partial charge on any atom is 0.312 e. The highest BCUT2D eigenvalue weighted by Gasteiger charge is 2.18. The summed E-state index contributed by atoms with van der Waals surface area (Å²) in [6.07, 6.45) is 0. The first-order chi connectivity index (χ1) is 11.4. The maximum atomic E-state index is 13.0. The lowest BCUT2D eigenvalue weighted by Crippen LogP contribution is -2.30. The molecule has 0 heterocycles. The summed E-state index contributed by atoms with van der Waals surface area (Å²) in [7, 11) is 1.71. The fourth-order valence-electron chi connectivity index (χ4n) is 2.30. The van der Waals surface area contributed by atoms with E-state index in [-0.39, 0.29) is 17.8 Å². The molecule has 126 valence electrons. The van der Waals surface area contributed by atoms with Gasteiger partial charge < -0.3 is 16.0 Å². The molecule has 0 aliphatic rings. The molecule has 0 aliphatic carbocycles. The molecule has 2 rings (SSSR count). The summed E-state index contributed by atoms with van der Waals surface area (Å²) in [4.78, 5) is 24.9. The van der Waals surface area contributed by atoms with Crippen molar-refractivity contribution in [3.05, 3.63) is 71.0 Å². The molecule has 6 heteroatoms. The number of halogens is 1. The molecule has 3 N–H and O–H groups in total. The molecule has 2 aromatic rings. The lowest BCUT2D eigenvalue weighted by Gasteiger charge is -2.25. The zero-order valence-corrected chi connectivity index (χ0v) is 13.6. The summed E-state index contributed by atoms with van der Waals surface area (Å²) in [6.45, 7) is 2.20. The van der Waals surface area contributed by atoms with Gasteiger partial charge in [0.1, 0.15) is 5.82 Å².